The summed E-state index contributed by atoms with van der Waals surface area (Å²) in [5, 5.41) is 4.61. The van der Waals surface area contributed by atoms with E-state index in [9.17, 15) is 18.0 Å². The third-order valence-corrected chi connectivity index (χ3v) is 7.08. The zero-order chi connectivity index (χ0) is 28.6. The molecule has 41 heavy (non-hydrogen) atoms. The Balaban J connectivity index is 1.18. The molecule has 9 nitrogen and oxygen atoms in total. The number of anilines is 1. The van der Waals surface area contributed by atoms with E-state index in [0.29, 0.717) is 35.7 Å². The minimum atomic E-state index is -4.64. The molecule has 5 heterocycles. The Morgan fingerprint density at radius 2 is 1.66 bits per heavy atom. The fourth-order valence-electron chi connectivity index (χ4n) is 4.86. The van der Waals surface area contributed by atoms with E-state index in [2.05, 4.69) is 25.0 Å². The topological polar surface area (TPSA) is 106 Å². The summed E-state index contributed by atoms with van der Waals surface area (Å²) < 4.78 is 41.6. The van der Waals surface area contributed by atoms with Gasteiger partial charge in [-0.25, -0.2) is 14.5 Å². The Morgan fingerprint density at radius 1 is 0.878 bits per heavy atom. The van der Waals surface area contributed by atoms with E-state index in [-0.39, 0.29) is 11.5 Å². The standard InChI is InChI=1S/C29H25F3N8O/c30-29(31,32)23-15-21(16-36-27(23)33)25-17-35-26-9-8-24(37-40(25)26)19-4-6-20(7-5-19)28(41)39-13-11-38(12-14-39)18-22-3-1-2-10-34-22/h1-10,15-17H,11-14,18H2,(H2,33,36). The summed E-state index contributed by atoms with van der Waals surface area (Å²) in [5.74, 6) is -0.629. The van der Waals surface area contributed by atoms with Crippen LogP contribution in [0.1, 0.15) is 21.6 Å². The number of carbonyl (C=O) groups excluding carboxylic acids is 1. The van der Waals surface area contributed by atoms with Gasteiger partial charge in [0.05, 0.1) is 28.8 Å². The van der Waals surface area contributed by atoms with Crippen LogP contribution >= 0.6 is 0 Å². The first-order valence-corrected chi connectivity index (χ1v) is 13.0. The molecule has 1 aliphatic rings. The van der Waals surface area contributed by atoms with Crippen LogP contribution in [-0.2, 0) is 12.7 Å². The van der Waals surface area contributed by atoms with Crippen LogP contribution in [0.2, 0.25) is 0 Å². The fraction of sp³-hybridized carbons (Fsp3) is 0.207. The van der Waals surface area contributed by atoms with Crippen molar-refractivity contribution in [2.45, 2.75) is 12.7 Å². The van der Waals surface area contributed by atoms with Crippen LogP contribution in [0.25, 0.3) is 28.2 Å². The van der Waals surface area contributed by atoms with Crippen molar-refractivity contribution in [2.75, 3.05) is 31.9 Å². The molecular weight excluding hydrogens is 533 g/mol. The van der Waals surface area contributed by atoms with E-state index in [1.54, 1.807) is 30.5 Å². The second-order valence-corrected chi connectivity index (χ2v) is 9.75. The number of hydrogen-bond donors (Lipinski definition) is 1. The van der Waals surface area contributed by atoms with E-state index in [0.717, 1.165) is 37.0 Å². The lowest BCUT2D eigenvalue weighted by Crippen LogP contribution is -2.48. The van der Waals surface area contributed by atoms with Gasteiger partial charge in [0.1, 0.15) is 5.82 Å². The molecule has 1 saturated heterocycles. The van der Waals surface area contributed by atoms with Crippen LogP contribution in [-0.4, -0.2) is 66.5 Å². The number of nitrogen functional groups attached to an aromatic ring is 1. The van der Waals surface area contributed by atoms with Crippen LogP contribution in [0, 0.1) is 0 Å². The van der Waals surface area contributed by atoms with E-state index in [1.165, 1.54) is 16.9 Å². The van der Waals surface area contributed by atoms with Crippen molar-refractivity contribution < 1.29 is 18.0 Å². The van der Waals surface area contributed by atoms with Gasteiger partial charge in [-0.3, -0.25) is 14.7 Å². The molecule has 1 amide bonds. The molecule has 1 fully saturated rings. The molecule has 12 heteroatoms. The molecule has 0 bridgehead atoms. The highest BCUT2D eigenvalue weighted by Crippen LogP contribution is 2.35. The van der Waals surface area contributed by atoms with Crippen molar-refractivity contribution in [1.82, 2.24) is 34.4 Å². The predicted molar refractivity (Wildman–Crippen MR) is 146 cm³/mol. The van der Waals surface area contributed by atoms with Gasteiger partial charge < -0.3 is 10.6 Å². The summed E-state index contributed by atoms with van der Waals surface area (Å²) in [5.41, 5.74) is 8.32. The molecule has 4 aromatic heterocycles. The summed E-state index contributed by atoms with van der Waals surface area (Å²) in [6.45, 7) is 3.55. The van der Waals surface area contributed by atoms with Crippen LogP contribution in [0.4, 0.5) is 19.0 Å². The van der Waals surface area contributed by atoms with Crippen molar-refractivity contribution >= 4 is 17.4 Å². The molecule has 2 N–H and O–H groups in total. The van der Waals surface area contributed by atoms with Crippen molar-refractivity contribution in [3.63, 3.8) is 0 Å². The number of alkyl halides is 3. The van der Waals surface area contributed by atoms with Gasteiger partial charge >= 0.3 is 6.18 Å². The summed E-state index contributed by atoms with van der Waals surface area (Å²) >= 11 is 0. The second-order valence-electron chi connectivity index (χ2n) is 9.75. The highest BCUT2D eigenvalue weighted by atomic mass is 19.4. The fourth-order valence-corrected chi connectivity index (χ4v) is 4.86. The number of rotatable bonds is 5. The Hall–Kier alpha value is -4.84. The van der Waals surface area contributed by atoms with Gasteiger partial charge in [-0.05, 0) is 42.5 Å². The lowest BCUT2D eigenvalue weighted by atomic mass is 10.1. The lowest BCUT2D eigenvalue weighted by Gasteiger charge is -2.34. The van der Waals surface area contributed by atoms with E-state index in [4.69, 9.17) is 5.73 Å². The van der Waals surface area contributed by atoms with Gasteiger partial charge in [-0.1, -0.05) is 18.2 Å². The Kier molecular flexibility index (Phi) is 6.83. The van der Waals surface area contributed by atoms with E-state index in [1.807, 2.05) is 35.2 Å². The number of benzene rings is 1. The first-order valence-electron chi connectivity index (χ1n) is 13.0. The maximum Gasteiger partial charge on any atom is 0.419 e. The number of hydrogen-bond acceptors (Lipinski definition) is 7. The molecule has 0 spiro atoms. The number of aromatic nitrogens is 5. The molecule has 6 rings (SSSR count). The van der Waals surface area contributed by atoms with Crippen LogP contribution in [0.5, 0.6) is 0 Å². The normalized spacial score (nSPS) is 14.5. The number of imidazole rings is 1. The summed E-state index contributed by atoms with van der Waals surface area (Å²) in [4.78, 5) is 29.6. The third-order valence-electron chi connectivity index (χ3n) is 7.08. The quantitative estimate of drug-likeness (QED) is 0.341. The number of pyridine rings is 2. The molecule has 208 valence electrons. The van der Waals surface area contributed by atoms with Gasteiger partial charge in [0.2, 0.25) is 0 Å². The second kappa shape index (κ2) is 10.6. The number of nitrogens with two attached hydrogens (primary N) is 1. The molecule has 0 aliphatic carbocycles. The number of halogens is 3. The maximum atomic E-state index is 13.4. The molecule has 0 unspecified atom stereocenters. The average molecular weight is 559 g/mol. The van der Waals surface area contributed by atoms with Gasteiger partial charge in [-0.2, -0.15) is 18.3 Å². The number of carbonyl (C=O) groups is 1. The van der Waals surface area contributed by atoms with Crippen molar-refractivity contribution in [1.29, 1.82) is 0 Å². The molecule has 5 aromatic rings. The smallest absolute Gasteiger partial charge is 0.383 e. The Morgan fingerprint density at radius 3 is 2.37 bits per heavy atom. The van der Waals surface area contributed by atoms with E-state index >= 15 is 0 Å². The minimum Gasteiger partial charge on any atom is -0.383 e. The summed E-state index contributed by atoms with van der Waals surface area (Å²) in [6, 6.07) is 17.4. The number of nitrogens with zero attached hydrogens (tertiary/aromatic N) is 7. The van der Waals surface area contributed by atoms with Gasteiger partial charge in [-0.15, -0.1) is 0 Å². The van der Waals surface area contributed by atoms with Crippen molar-refractivity contribution in [3.8, 4) is 22.5 Å². The largest absolute Gasteiger partial charge is 0.419 e. The Labute approximate surface area is 233 Å². The number of fused-ring (bicyclic) bond motifs is 1. The summed E-state index contributed by atoms with van der Waals surface area (Å²) in [6.07, 6.45) is -0.151. The first kappa shape index (κ1) is 26.4. The SMILES string of the molecule is Nc1ncc(-c2cnc3ccc(-c4ccc(C(=O)N5CCN(Cc6ccccn6)CC5)cc4)nn23)cc1C(F)(F)F. The van der Waals surface area contributed by atoms with Gasteiger partial charge in [0, 0.05) is 61.8 Å². The average Bonchev–Trinajstić information content (AvgIpc) is 3.41. The van der Waals surface area contributed by atoms with Crippen LogP contribution in [0.3, 0.4) is 0 Å². The predicted octanol–water partition coefficient (Wildman–Crippen LogP) is 4.41. The molecule has 1 aromatic carbocycles. The summed E-state index contributed by atoms with van der Waals surface area (Å²) in [7, 11) is 0. The maximum absolute atomic E-state index is 13.4. The highest BCUT2D eigenvalue weighted by molar-refractivity contribution is 5.94. The number of piperazine rings is 1. The zero-order valence-corrected chi connectivity index (χ0v) is 21.8. The van der Waals surface area contributed by atoms with Gasteiger partial charge in [0.25, 0.3) is 5.91 Å². The first-order chi connectivity index (χ1) is 19.8. The molecule has 1 aliphatic heterocycles. The Bertz CT molecular complexity index is 1700. The minimum absolute atomic E-state index is 0.0364. The zero-order valence-electron chi connectivity index (χ0n) is 21.8. The van der Waals surface area contributed by atoms with Gasteiger partial charge in [0.15, 0.2) is 5.65 Å². The van der Waals surface area contributed by atoms with Crippen molar-refractivity contribution in [2.24, 2.45) is 0 Å². The third kappa shape index (κ3) is 5.46. The van der Waals surface area contributed by atoms with E-state index < -0.39 is 17.6 Å². The van der Waals surface area contributed by atoms with Crippen molar-refractivity contribution in [3.05, 3.63) is 96.1 Å². The molecule has 0 saturated carbocycles. The number of amides is 1. The molecule has 0 radical (unpaired) electrons. The highest BCUT2D eigenvalue weighted by Gasteiger charge is 2.34. The van der Waals surface area contributed by atoms with Crippen LogP contribution < -0.4 is 5.73 Å². The molecular formula is C29H25F3N8O. The van der Waals surface area contributed by atoms with Crippen LogP contribution in [0.15, 0.2) is 79.3 Å². The molecule has 0 atom stereocenters. The lowest BCUT2D eigenvalue weighted by molar-refractivity contribution is -0.137. The monoisotopic (exact) mass is 558 g/mol.